The highest BCUT2D eigenvalue weighted by atomic mass is 16.6. The smallest absolute Gasteiger partial charge is 0.269 e. The Balaban J connectivity index is 2.77. The second-order valence-electron chi connectivity index (χ2n) is 5.25. The van der Waals surface area contributed by atoms with Crippen molar-refractivity contribution in [3.8, 4) is 0 Å². The number of anilines is 1. The molecule has 1 aromatic rings. The van der Waals surface area contributed by atoms with Gasteiger partial charge in [-0.3, -0.25) is 10.1 Å². The zero-order valence-corrected chi connectivity index (χ0v) is 12.3. The van der Waals surface area contributed by atoms with Gasteiger partial charge in [-0.2, -0.15) is 0 Å². The van der Waals surface area contributed by atoms with Crippen LogP contribution < -0.4 is 5.32 Å². The first kappa shape index (κ1) is 15.5. The Bertz CT molecular complexity index is 432. The normalized spacial score (nSPS) is 13.9. The second kappa shape index (κ2) is 7.12. The lowest BCUT2D eigenvalue weighted by atomic mass is 9.97. The molecule has 4 nitrogen and oxygen atoms in total. The van der Waals surface area contributed by atoms with Crippen molar-refractivity contribution in [2.75, 3.05) is 5.32 Å². The van der Waals surface area contributed by atoms with Gasteiger partial charge in [-0.05, 0) is 37.3 Å². The summed E-state index contributed by atoms with van der Waals surface area (Å²) in [6.07, 6.45) is 3.36. The maximum absolute atomic E-state index is 10.7. The summed E-state index contributed by atoms with van der Waals surface area (Å²) in [4.78, 5) is 10.4. The maximum atomic E-state index is 10.7. The molecule has 2 atom stereocenters. The Labute approximate surface area is 115 Å². The highest BCUT2D eigenvalue weighted by Gasteiger charge is 2.13. The molecule has 1 rings (SSSR count). The van der Waals surface area contributed by atoms with E-state index in [2.05, 4.69) is 26.1 Å². The standard InChI is InChI=1S/C15H24N2O2/c1-5-11(3)9-13(6-2)16-15-8-7-14(17(18)19)10-12(15)4/h7-8,10-11,13,16H,5-6,9H2,1-4H3. The topological polar surface area (TPSA) is 55.2 Å². The number of nitro groups is 1. The van der Waals surface area contributed by atoms with Crippen LogP contribution in [0, 0.1) is 23.0 Å². The lowest BCUT2D eigenvalue weighted by Gasteiger charge is -2.22. The largest absolute Gasteiger partial charge is 0.382 e. The second-order valence-corrected chi connectivity index (χ2v) is 5.25. The molecular formula is C15H24N2O2. The lowest BCUT2D eigenvalue weighted by Crippen LogP contribution is -2.21. The third-order valence-corrected chi connectivity index (χ3v) is 3.66. The van der Waals surface area contributed by atoms with E-state index in [-0.39, 0.29) is 10.6 Å². The summed E-state index contributed by atoms with van der Waals surface area (Å²) in [5.74, 6) is 0.691. The van der Waals surface area contributed by atoms with Crippen molar-refractivity contribution in [2.24, 2.45) is 5.92 Å². The molecule has 0 spiro atoms. The molecule has 4 heteroatoms. The number of rotatable bonds is 7. The molecule has 0 bridgehead atoms. The number of hydrogen-bond donors (Lipinski definition) is 1. The highest BCUT2D eigenvalue weighted by Crippen LogP contribution is 2.24. The Kier molecular flexibility index (Phi) is 5.80. The molecule has 0 saturated carbocycles. The zero-order chi connectivity index (χ0) is 14.4. The van der Waals surface area contributed by atoms with Gasteiger partial charge in [0.2, 0.25) is 0 Å². The predicted molar refractivity (Wildman–Crippen MR) is 79.6 cm³/mol. The van der Waals surface area contributed by atoms with E-state index in [4.69, 9.17) is 0 Å². The van der Waals surface area contributed by atoms with Gasteiger partial charge in [-0.1, -0.05) is 27.2 Å². The van der Waals surface area contributed by atoms with Gasteiger partial charge in [0.1, 0.15) is 0 Å². The van der Waals surface area contributed by atoms with E-state index >= 15 is 0 Å². The number of nitro benzene ring substituents is 1. The molecule has 0 fully saturated rings. The zero-order valence-electron chi connectivity index (χ0n) is 12.3. The number of hydrogen-bond acceptors (Lipinski definition) is 3. The summed E-state index contributed by atoms with van der Waals surface area (Å²) < 4.78 is 0. The molecule has 0 aliphatic heterocycles. The Morgan fingerprint density at radius 1 is 1.32 bits per heavy atom. The molecule has 0 aliphatic rings. The molecule has 19 heavy (non-hydrogen) atoms. The van der Waals surface area contributed by atoms with Gasteiger partial charge < -0.3 is 5.32 Å². The predicted octanol–water partition coefficient (Wildman–Crippen LogP) is 4.53. The van der Waals surface area contributed by atoms with Crippen LogP contribution >= 0.6 is 0 Å². The average Bonchev–Trinajstić information content (AvgIpc) is 2.39. The molecule has 1 aromatic carbocycles. The van der Waals surface area contributed by atoms with Crippen molar-refractivity contribution in [2.45, 2.75) is 53.0 Å². The van der Waals surface area contributed by atoms with Crippen molar-refractivity contribution in [3.63, 3.8) is 0 Å². The van der Waals surface area contributed by atoms with Gasteiger partial charge in [-0.15, -0.1) is 0 Å². The third kappa shape index (κ3) is 4.54. The van der Waals surface area contributed by atoms with Crippen LogP contribution in [-0.4, -0.2) is 11.0 Å². The summed E-state index contributed by atoms with van der Waals surface area (Å²) in [6, 6.07) is 5.42. The first-order chi connectivity index (χ1) is 8.97. The van der Waals surface area contributed by atoms with Gasteiger partial charge in [-0.25, -0.2) is 0 Å². The minimum absolute atomic E-state index is 0.151. The third-order valence-electron chi connectivity index (χ3n) is 3.66. The first-order valence-electron chi connectivity index (χ1n) is 6.99. The fourth-order valence-electron chi connectivity index (χ4n) is 2.12. The van der Waals surface area contributed by atoms with Crippen LogP contribution in [0.25, 0.3) is 0 Å². The quantitative estimate of drug-likeness (QED) is 0.581. The number of non-ortho nitro benzene ring substituents is 1. The van der Waals surface area contributed by atoms with E-state index < -0.39 is 0 Å². The van der Waals surface area contributed by atoms with E-state index in [0.29, 0.717) is 12.0 Å². The number of aryl methyl sites for hydroxylation is 1. The van der Waals surface area contributed by atoms with Crippen molar-refractivity contribution in [1.29, 1.82) is 0 Å². The summed E-state index contributed by atoms with van der Waals surface area (Å²) in [6.45, 7) is 8.54. The number of benzene rings is 1. The summed E-state index contributed by atoms with van der Waals surface area (Å²) in [5, 5.41) is 14.2. The molecule has 0 aromatic heterocycles. The highest BCUT2D eigenvalue weighted by molar-refractivity contribution is 5.55. The Morgan fingerprint density at radius 3 is 2.47 bits per heavy atom. The minimum Gasteiger partial charge on any atom is -0.382 e. The number of nitrogens with zero attached hydrogens (tertiary/aromatic N) is 1. The lowest BCUT2D eigenvalue weighted by molar-refractivity contribution is -0.384. The first-order valence-corrected chi connectivity index (χ1v) is 6.99. The number of nitrogens with one attached hydrogen (secondary N) is 1. The van der Waals surface area contributed by atoms with Crippen molar-refractivity contribution in [1.82, 2.24) is 0 Å². The van der Waals surface area contributed by atoms with Crippen molar-refractivity contribution in [3.05, 3.63) is 33.9 Å². The van der Waals surface area contributed by atoms with E-state index in [1.807, 2.05) is 13.0 Å². The van der Waals surface area contributed by atoms with Gasteiger partial charge >= 0.3 is 0 Å². The van der Waals surface area contributed by atoms with Crippen molar-refractivity contribution >= 4 is 11.4 Å². The Hall–Kier alpha value is -1.58. The molecule has 0 heterocycles. The van der Waals surface area contributed by atoms with Gasteiger partial charge in [0.25, 0.3) is 5.69 Å². The molecule has 0 radical (unpaired) electrons. The van der Waals surface area contributed by atoms with E-state index in [1.54, 1.807) is 12.1 Å². The summed E-state index contributed by atoms with van der Waals surface area (Å²) in [5.41, 5.74) is 2.08. The van der Waals surface area contributed by atoms with E-state index in [1.165, 1.54) is 6.42 Å². The molecule has 1 N–H and O–H groups in total. The van der Waals surface area contributed by atoms with Crippen molar-refractivity contribution < 1.29 is 4.92 Å². The summed E-state index contributed by atoms with van der Waals surface area (Å²) in [7, 11) is 0. The fourth-order valence-corrected chi connectivity index (χ4v) is 2.12. The molecule has 0 amide bonds. The van der Waals surface area contributed by atoms with Crippen LogP contribution in [0.3, 0.4) is 0 Å². The van der Waals surface area contributed by atoms with Crippen LogP contribution in [0.1, 0.15) is 45.6 Å². The van der Waals surface area contributed by atoms with E-state index in [0.717, 1.165) is 24.1 Å². The SMILES string of the molecule is CCC(C)CC(CC)Nc1ccc([N+](=O)[O-])cc1C. The molecule has 0 aliphatic carbocycles. The molecule has 106 valence electrons. The minimum atomic E-state index is -0.354. The van der Waals surface area contributed by atoms with Gasteiger partial charge in [0.15, 0.2) is 0 Å². The van der Waals surface area contributed by atoms with Crippen LogP contribution in [0.15, 0.2) is 18.2 Å². The fraction of sp³-hybridized carbons (Fsp3) is 0.600. The molecule has 0 saturated heterocycles. The van der Waals surface area contributed by atoms with Crippen LogP contribution in [0.4, 0.5) is 11.4 Å². The summed E-state index contributed by atoms with van der Waals surface area (Å²) >= 11 is 0. The van der Waals surface area contributed by atoms with Crippen LogP contribution in [0.5, 0.6) is 0 Å². The Morgan fingerprint density at radius 2 is 2.00 bits per heavy atom. The van der Waals surface area contributed by atoms with Crippen LogP contribution in [-0.2, 0) is 0 Å². The molecular weight excluding hydrogens is 240 g/mol. The van der Waals surface area contributed by atoms with Gasteiger partial charge in [0.05, 0.1) is 4.92 Å². The van der Waals surface area contributed by atoms with E-state index in [9.17, 15) is 10.1 Å². The molecule has 2 unspecified atom stereocenters. The monoisotopic (exact) mass is 264 g/mol. The average molecular weight is 264 g/mol. The van der Waals surface area contributed by atoms with Crippen LogP contribution in [0.2, 0.25) is 0 Å². The van der Waals surface area contributed by atoms with Gasteiger partial charge in [0, 0.05) is 23.9 Å². The maximum Gasteiger partial charge on any atom is 0.269 e.